The van der Waals surface area contributed by atoms with Gasteiger partial charge in [0.05, 0.1) is 5.54 Å². The van der Waals surface area contributed by atoms with Gasteiger partial charge in [-0.05, 0) is 51.9 Å². The maximum Gasteiger partial charge on any atom is 0.269 e. The second kappa shape index (κ2) is 5.50. The fraction of sp³-hybridized carbons (Fsp3) is 0.533. The Balaban J connectivity index is 2.15. The highest BCUT2D eigenvalue weighted by Gasteiger charge is 2.23. The minimum absolute atomic E-state index is 0.105. The fourth-order valence-corrected chi connectivity index (χ4v) is 2.37. The van der Waals surface area contributed by atoms with Gasteiger partial charge in [0.25, 0.3) is 5.91 Å². The van der Waals surface area contributed by atoms with Crippen LogP contribution in [0.5, 0.6) is 0 Å². The molecule has 2 N–H and O–H groups in total. The maximum atomic E-state index is 12.3. The van der Waals surface area contributed by atoms with Crippen molar-refractivity contribution in [2.24, 2.45) is 0 Å². The number of carbonyl (C=O) groups is 1. The fourth-order valence-electron chi connectivity index (χ4n) is 2.37. The van der Waals surface area contributed by atoms with Gasteiger partial charge in [-0.15, -0.1) is 6.42 Å². The van der Waals surface area contributed by atoms with Gasteiger partial charge in [-0.25, -0.2) is 0 Å². The van der Waals surface area contributed by atoms with Gasteiger partial charge in [-0.2, -0.15) is 0 Å². The molecule has 19 heavy (non-hydrogen) atoms. The Bertz CT molecular complexity index is 490. The first-order chi connectivity index (χ1) is 9.03. The summed E-state index contributed by atoms with van der Waals surface area (Å²) in [6.45, 7) is 5.64. The summed E-state index contributed by atoms with van der Waals surface area (Å²) in [5.74, 6) is 2.48. The third-order valence-corrected chi connectivity index (χ3v) is 3.50. The molecule has 0 spiro atoms. The van der Waals surface area contributed by atoms with Crippen LogP contribution >= 0.6 is 0 Å². The van der Waals surface area contributed by atoms with Crippen LogP contribution < -0.4 is 10.6 Å². The molecule has 0 aliphatic carbocycles. The molecule has 2 rings (SSSR count). The first kappa shape index (κ1) is 13.7. The average molecular weight is 259 g/mol. The van der Waals surface area contributed by atoms with Gasteiger partial charge in [-0.3, -0.25) is 4.79 Å². The van der Waals surface area contributed by atoms with Crippen LogP contribution in [0.4, 0.5) is 0 Å². The molecule has 1 aromatic rings. The van der Waals surface area contributed by atoms with Crippen LogP contribution in [0.3, 0.4) is 0 Å². The summed E-state index contributed by atoms with van der Waals surface area (Å²) in [5, 5.41) is 6.21. The summed E-state index contributed by atoms with van der Waals surface area (Å²) in [4.78, 5) is 12.3. The highest BCUT2D eigenvalue weighted by Crippen LogP contribution is 2.21. The Morgan fingerprint density at radius 3 is 2.84 bits per heavy atom. The summed E-state index contributed by atoms with van der Waals surface area (Å²) >= 11 is 0. The molecule has 0 radical (unpaired) electrons. The molecule has 1 saturated heterocycles. The van der Waals surface area contributed by atoms with E-state index in [2.05, 4.69) is 21.1 Å². The normalized spacial score (nSPS) is 16.9. The minimum Gasteiger partial charge on any atom is -0.340 e. The van der Waals surface area contributed by atoms with Crippen molar-refractivity contribution in [1.29, 1.82) is 0 Å². The molecular formula is C15H21N3O. The van der Waals surface area contributed by atoms with Crippen LogP contribution in [-0.2, 0) is 0 Å². The van der Waals surface area contributed by atoms with Crippen molar-refractivity contribution in [3.8, 4) is 12.3 Å². The van der Waals surface area contributed by atoms with Gasteiger partial charge in [0.15, 0.2) is 0 Å². The van der Waals surface area contributed by atoms with E-state index in [-0.39, 0.29) is 5.91 Å². The number of hydrogen-bond acceptors (Lipinski definition) is 2. The van der Waals surface area contributed by atoms with Crippen LogP contribution in [0.1, 0.15) is 43.2 Å². The second-order valence-corrected chi connectivity index (χ2v) is 5.51. The Morgan fingerprint density at radius 1 is 1.53 bits per heavy atom. The van der Waals surface area contributed by atoms with Crippen molar-refractivity contribution in [1.82, 2.24) is 15.2 Å². The Kier molecular flexibility index (Phi) is 3.96. The zero-order valence-electron chi connectivity index (χ0n) is 11.6. The smallest absolute Gasteiger partial charge is 0.269 e. The van der Waals surface area contributed by atoms with Crippen molar-refractivity contribution in [3.63, 3.8) is 0 Å². The maximum absolute atomic E-state index is 12.3. The Hall–Kier alpha value is -1.73. The molecule has 1 aromatic heterocycles. The van der Waals surface area contributed by atoms with E-state index in [4.69, 9.17) is 6.42 Å². The Labute approximate surface area is 114 Å². The molecule has 1 fully saturated rings. The second-order valence-electron chi connectivity index (χ2n) is 5.51. The molecule has 1 aliphatic rings. The molecule has 1 aliphatic heterocycles. The predicted molar refractivity (Wildman–Crippen MR) is 76.0 cm³/mol. The van der Waals surface area contributed by atoms with Crippen LogP contribution in [0.2, 0.25) is 0 Å². The molecule has 4 nitrogen and oxygen atoms in total. The van der Waals surface area contributed by atoms with E-state index < -0.39 is 5.54 Å². The predicted octanol–water partition coefficient (Wildman–Crippen LogP) is 1.55. The first-order valence-corrected chi connectivity index (χ1v) is 6.71. The standard InChI is InChI=1S/C15H21N3O/c1-4-15(2,3)17-14(19)13-6-5-11-18(13)12-7-9-16-10-8-12/h1,5-6,11-12,16H,7-10H2,2-3H3,(H,17,19). The van der Waals surface area contributed by atoms with E-state index in [1.807, 2.05) is 32.2 Å². The van der Waals surface area contributed by atoms with Crippen molar-refractivity contribution in [2.75, 3.05) is 13.1 Å². The van der Waals surface area contributed by atoms with Crippen molar-refractivity contribution in [2.45, 2.75) is 38.3 Å². The molecule has 2 heterocycles. The lowest BCUT2D eigenvalue weighted by Gasteiger charge is -2.27. The van der Waals surface area contributed by atoms with Crippen molar-refractivity contribution >= 4 is 5.91 Å². The van der Waals surface area contributed by atoms with Gasteiger partial charge >= 0.3 is 0 Å². The summed E-state index contributed by atoms with van der Waals surface area (Å²) in [6.07, 6.45) is 9.49. The summed E-state index contributed by atoms with van der Waals surface area (Å²) in [5.41, 5.74) is 0.0653. The van der Waals surface area contributed by atoms with Gasteiger partial charge in [0.2, 0.25) is 0 Å². The molecule has 1 amide bonds. The number of carbonyl (C=O) groups excluding carboxylic acids is 1. The van der Waals surface area contributed by atoms with Gasteiger partial charge < -0.3 is 15.2 Å². The lowest BCUT2D eigenvalue weighted by molar-refractivity contribution is 0.0917. The molecule has 0 aromatic carbocycles. The SMILES string of the molecule is C#CC(C)(C)NC(=O)c1cccn1C1CCNCC1. The summed E-state index contributed by atoms with van der Waals surface area (Å²) in [7, 11) is 0. The van der Waals surface area contributed by atoms with Crippen LogP contribution in [0.25, 0.3) is 0 Å². The van der Waals surface area contributed by atoms with E-state index in [9.17, 15) is 4.79 Å². The van der Waals surface area contributed by atoms with Crippen molar-refractivity contribution < 1.29 is 4.79 Å². The number of piperidine rings is 1. The molecule has 0 bridgehead atoms. The zero-order chi connectivity index (χ0) is 13.9. The van der Waals surface area contributed by atoms with E-state index >= 15 is 0 Å². The molecule has 0 unspecified atom stereocenters. The number of hydrogen-bond donors (Lipinski definition) is 2. The van der Waals surface area contributed by atoms with E-state index in [1.165, 1.54) is 0 Å². The number of nitrogens with zero attached hydrogens (tertiary/aromatic N) is 1. The number of aromatic nitrogens is 1. The Morgan fingerprint density at radius 2 is 2.21 bits per heavy atom. The zero-order valence-corrected chi connectivity index (χ0v) is 11.6. The minimum atomic E-state index is -0.625. The molecule has 102 valence electrons. The third-order valence-electron chi connectivity index (χ3n) is 3.50. The summed E-state index contributed by atoms with van der Waals surface area (Å²) in [6, 6.07) is 4.16. The van der Waals surface area contributed by atoms with Crippen LogP contribution in [0, 0.1) is 12.3 Å². The van der Waals surface area contributed by atoms with Gasteiger partial charge in [0.1, 0.15) is 5.69 Å². The number of nitrogens with one attached hydrogen (secondary N) is 2. The lowest BCUT2D eigenvalue weighted by Crippen LogP contribution is -2.43. The number of terminal acetylenes is 1. The van der Waals surface area contributed by atoms with E-state index in [1.54, 1.807) is 0 Å². The number of rotatable bonds is 3. The van der Waals surface area contributed by atoms with Gasteiger partial charge in [0, 0.05) is 12.2 Å². The third kappa shape index (κ3) is 3.18. The van der Waals surface area contributed by atoms with Crippen molar-refractivity contribution in [3.05, 3.63) is 24.0 Å². The first-order valence-electron chi connectivity index (χ1n) is 6.71. The highest BCUT2D eigenvalue weighted by molar-refractivity contribution is 5.93. The number of amides is 1. The quantitative estimate of drug-likeness (QED) is 0.809. The van der Waals surface area contributed by atoms with E-state index in [0.29, 0.717) is 11.7 Å². The van der Waals surface area contributed by atoms with E-state index in [0.717, 1.165) is 25.9 Å². The monoisotopic (exact) mass is 259 g/mol. The molecule has 0 saturated carbocycles. The lowest BCUT2D eigenvalue weighted by atomic mass is 10.1. The molecule has 4 heteroatoms. The van der Waals surface area contributed by atoms with Crippen LogP contribution in [-0.4, -0.2) is 29.1 Å². The largest absolute Gasteiger partial charge is 0.340 e. The highest BCUT2D eigenvalue weighted by atomic mass is 16.2. The molecular weight excluding hydrogens is 238 g/mol. The summed E-state index contributed by atoms with van der Waals surface area (Å²) < 4.78 is 2.07. The van der Waals surface area contributed by atoms with Gasteiger partial charge in [-0.1, -0.05) is 5.92 Å². The molecule has 0 atom stereocenters. The van der Waals surface area contributed by atoms with Crippen LogP contribution in [0.15, 0.2) is 18.3 Å². The topological polar surface area (TPSA) is 46.1 Å². The average Bonchev–Trinajstić information content (AvgIpc) is 2.88.